The lowest BCUT2D eigenvalue weighted by atomic mass is 10.1. The molecule has 0 saturated heterocycles. The fourth-order valence-corrected chi connectivity index (χ4v) is 3.08. The number of nitrogens with one attached hydrogen (secondary N) is 1. The smallest absolute Gasteiger partial charge is 0.345 e. The number of hydrazone groups is 1. The zero-order chi connectivity index (χ0) is 23.8. The van der Waals surface area contributed by atoms with Crippen molar-refractivity contribution < 1.29 is 23.8 Å². The Bertz CT molecular complexity index is 1190. The van der Waals surface area contributed by atoms with E-state index in [2.05, 4.69) is 10.5 Å². The highest BCUT2D eigenvalue weighted by atomic mass is 35.5. The number of ether oxygens (including phenoxy) is 3. The molecule has 3 aromatic rings. The van der Waals surface area contributed by atoms with Crippen molar-refractivity contribution in [1.29, 1.82) is 0 Å². The van der Waals surface area contributed by atoms with Crippen LogP contribution in [0.3, 0.4) is 0 Å². The Morgan fingerprint density at radius 2 is 1.79 bits per heavy atom. The van der Waals surface area contributed by atoms with Crippen LogP contribution in [-0.4, -0.2) is 31.8 Å². The monoisotopic (exact) mass is 466 g/mol. The molecule has 3 rings (SSSR count). The number of rotatable bonds is 8. The van der Waals surface area contributed by atoms with Crippen LogP contribution in [-0.2, 0) is 4.79 Å². The lowest BCUT2D eigenvalue weighted by molar-refractivity contribution is -0.123. The van der Waals surface area contributed by atoms with Gasteiger partial charge in [-0.05, 0) is 66.9 Å². The highest BCUT2D eigenvalue weighted by molar-refractivity contribution is 6.33. The maximum absolute atomic E-state index is 12.4. The molecule has 0 aliphatic heterocycles. The van der Waals surface area contributed by atoms with Gasteiger partial charge in [-0.1, -0.05) is 35.9 Å². The summed E-state index contributed by atoms with van der Waals surface area (Å²) in [7, 11) is 1.45. The Labute approximate surface area is 196 Å². The van der Waals surface area contributed by atoms with Crippen LogP contribution in [0.1, 0.15) is 27.0 Å². The van der Waals surface area contributed by atoms with Crippen LogP contribution < -0.4 is 19.6 Å². The van der Waals surface area contributed by atoms with Gasteiger partial charge in [0.1, 0.15) is 5.75 Å². The minimum Gasteiger partial charge on any atom is -0.493 e. The van der Waals surface area contributed by atoms with Gasteiger partial charge >= 0.3 is 5.97 Å². The zero-order valence-electron chi connectivity index (χ0n) is 18.4. The van der Waals surface area contributed by atoms with Crippen LogP contribution in [0.15, 0.2) is 65.8 Å². The molecule has 0 heterocycles. The normalized spacial score (nSPS) is 10.7. The van der Waals surface area contributed by atoms with Crippen LogP contribution in [0.4, 0.5) is 0 Å². The van der Waals surface area contributed by atoms with Crippen molar-refractivity contribution in [3.8, 4) is 17.2 Å². The van der Waals surface area contributed by atoms with Gasteiger partial charge in [0.25, 0.3) is 5.91 Å². The molecule has 7 nitrogen and oxygen atoms in total. The van der Waals surface area contributed by atoms with Gasteiger partial charge in [-0.2, -0.15) is 5.10 Å². The molecule has 0 atom stereocenters. The molecule has 0 aromatic heterocycles. The number of carbonyl (C=O) groups excluding carboxylic acids is 2. The van der Waals surface area contributed by atoms with Crippen molar-refractivity contribution >= 4 is 29.7 Å². The second kappa shape index (κ2) is 11.2. The third-order valence-corrected chi connectivity index (χ3v) is 5.13. The number of aryl methyl sites for hydroxylation is 1. The van der Waals surface area contributed by atoms with Gasteiger partial charge in [0.05, 0.1) is 23.9 Å². The topological polar surface area (TPSA) is 86.2 Å². The van der Waals surface area contributed by atoms with Crippen LogP contribution in [0.25, 0.3) is 0 Å². The second-order valence-electron chi connectivity index (χ2n) is 7.06. The molecular weight excluding hydrogens is 444 g/mol. The first kappa shape index (κ1) is 23.8. The van der Waals surface area contributed by atoms with Gasteiger partial charge < -0.3 is 14.2 Å². The summed E-state index contributed by atoms with van der Waals surface area (Å²) in [5.74, 6) is 0.205. The number of amides is 1. The molecule has 0 saturated carbocycles. The van der Waals surface area contributed by atoms with E-state index in [0.717, 1.165) is 11.1 Å². The molecule has 0 bridgehead atoms. The molecule has 0 radical (unpaired) electrons. The van der Waals surface area contributed by atoms with Crippen LogP contribution in [0, 0.1) is 13.8 Å². The maximum Gasteiger partial charge on any atom is 0.345 e. The van der Waals surface area contributed by atoms with Crippen molar-refractivity contribution in [2.75, 3.05) is 13.7 Å². The quantitative estimate of drug-likeness (QED) is 0.225. The molecule has 1 N–H and O–H groups in total. The maximum atomic E-state index is 12.4. The molecule has 0 fully saturated rings. The van der Waals surface area contributed by atoms with Gasteiger partial charge in [0.2, 0.25) is 0 Å². The van der Waals surface area contributed by atoms with Gasteiger partial charge in [0, 0.05) is 0 Å². The number of hydrogen-bond donors (Lipinski definition) is 1. The Kier molecular flexibility index (Phi) is 8.05. The molecular formula is C25H23ClN2O5. The molecule has 0 unspecified atom stereocenters. The highest BCUT2D eigenvalue weighted by Crippen LogP contribution is 2.29. The minimum absolute atomic E-state index is 0.165. The Balaban J connectivity index is 1.58. The number of halogens is 1. The number of carbonyl (C=O) groups is 2. The Morgan fingerprint density at radius 3 is 2.55 bits per heavy atom. The average molecular weight is 467 g/mol. The minimum atomic E-state index is -0.601. The van der Waals surface area contributed by atoms with E-state index < -0.39 is 11.9 Å². The van der Waals surface area contributed by atoms with Crippen LogP contribution in [0.2, 0.25) is 5.02 Å². The summed E-state index contributed by atoms with van der Waals surface area (Å²) in [5, 5.41) is 4.23. The van der Waals surface area contributed by atoms with Crippen molar-refractivity contribution in [3.05, 3.63) is 87.9 Å². The summed E-state index contributed by atoms with van der Waals surface area (Å²) in [4.78, 5) is 24.4. The van der Waals surface area contributed by atoms with E-state index >= 15 is 0 Å². The van der Waals surface area contributed by atoms with E-state index in [1.54, 1.807) is 42.5 Å². The van der Waals surface area contributed by atoms with Crippen molar-refractivity contribution in [2.24, 2.45) is 5.10 Å². The molecule has 33 heavy (non-hydrogen) atoms. The Morgan fingerprint density at radius 1 is 1.00 bits per heavy atom. The molecule has 0 aliphatic rings. The lowest BCUT2D eigenvalue weighted by Crippen LogP contribution is -2.24. The largest absolute Gasteiger partial charge is 0.493 e. The SMILES string of the molecule is COc1cc(C=NNC(=O)COc2cccc(C)c2C)ccc1OC(=O)c1ccccc1Cl. The number of methoxy groups -OCH3 is 1. The molecule has 170 valence electrons. The van der Waals surface area contributed by atoms with E-state index in [-0.39, 0.29) is 17.9 Å². The van der Waals surface area contributed by atoms with Crippen LogP contribution in [0.5, 0.6) is 17.2 Å². The molecule has 0 aliphatic carbocycles. The van der Waals surface area contributed by atoms with Crippen LogP contribution >= 0.6 is 11.6 Å². The lowest BCUT2D eigenvalue weighted by Gasteiger charge is -2.11. The van der Waals surface area contributed by atoms with Crippen molar-refractivity contribution in [1.82, 2.24) is 5.43 Å². The van der Waals surface area contributed by atoms with E-state index in [1.807, 2.05) is 32.0 Å². The second-order valence-corrected chi connectivity index (χ2v) is 7.47. The third-order valence-electron chi connectivity index (χ3n) is 4.80. The van der Waals surface area contributed by atoms with E-state index in [4.69, 9.17) is 25.8 Å². The molecule has 1 amide bonds. The number of esters is 1. The molecule has 8 heteroatoms. The summed E-state index contributed by atoms with van der Waals surface area (Å²) in [6.45, 7) is 3.75. The average Bonchev–Trinajstić information content (AvgIpc) is 2.81. The van der Waals surface area contributed by atoms with Gasteiger partial charge in [-0.3, -0.25) is 4.79 Å². The summed E-state index contributed by atoms with van der Waals surface area (Å²) in [5.41, 5.74) is 5.35. The van der Waals surface area contributed by atoms with E-state index in [1.165, 1.54) is 13.3 Å². The molecule has 0 spiro atoms. The first-order valence-corrected chi connectivity index (χ1v) is 10.4. The summed E-state index contributed by atoms with van der Waals surface area (Å²) in [6.07, 6.45) is 1.44. The summed E-state index contributed by atoms with van der Waals surface area (Å²) in [6, 6.07) is 17.1. The Hall–Kier alpha value is -3.84. The fraction of sp³-hybridized carbons (Fsp3) is 0.160. The number of hydrogen-bond acceptors (Lipinski definition) is 6. The third kappa shape index (κ3) is 6.33. The highest BCUT2D eigenvalue weighted by Gasteiger charge is 2.15. The van der Waals surface area contributed by atoms with E-state index in [0.29, 0.717) is 22.1 Å². The summed E-state index contributed by atoms with van der Waals surface area (Å²) >= 11 is 6.05. The number of nitrogens with zero attached hydrogens (tertiary/aromatic N) is 1. The van der Waals surface area contributed by atoms with Gasteiger partial charge in [0.15, 0.2) is 18.1 Å². The fourth-order valence-electron chi connectivity index (χ4n) is 2.87. The van der Waals surface area contributed by atoms with Crippen molar-refractivity contribution in [3.63, 3.8) is 0 Å². The van der Waals surface area contributed by atoms with Crippen molar-refractivity contribution in [2.45, 2.75) is 13.8 Å². The number of benzene rings is 3. The van der Waals surface area contributed by atoms with Gasteiger partial charge in [-0.15, -0.1) is 0 Å². The first-order valence-electron chi connectivity index (χ1n) is 10.0. The first-order chi connectivity index (χ1) is 15.9. The standard InChI is InChI=1S/C25H23ClN2O5/c1-16-7-6-10-21(17(16)2)32-15-24(29)28-27-14-18-11-12-22(23(13-18)31-3)33-25(30)19-8-4-5-9-20(19)26/h4-14H,15H2,1-3H3,(H,28,29). The van der Waals surface area contributed by atoms with Gasteiger partial charge in [-0.25, -0.2) is 10.2 Å². The molecule has 3 aromatic carbocycles. The predicted octanol–water partition coefficient (Wildman–Crippen LogP) is 4.71. The zero-order valence-corrected chi connectivity index (χ0v) is 19.2. The predicted molar refractivity (Wildman–Crippen MR) is 127 cm³/mol. The summed E-state index contributed by atoms with van der Waals surface area (Å²) < 4.78 is 16.3. The van der Waals surface area contributed by atoms with E-state index in [9.17, 15) is 9.59 Å².